The molecule has 15 heavy (non-hydrogen) atoms. The first-order valence-electron chi connectivity index (χ1n) is 4.78. The van der Waals surface area contributed by atoms with Crippen LogP contribution in [0.4, 0.5) is 5.69 Å². The van der Waals surface area contributed by atoms with Crippen LogP contribution in [0.3, 0.4) is 0 Å². The van der Waals surface area contributed by atoms with Crippen LogP contribution in [-0.2, 0) is 9.53 Å². The zero-order valence-electron chi connectivity index (χ0n) is 8.47. The summed E-state index contributed by atoms with van der Waals surface area (Å²) in [5.41, 5.74) is 0.903. The van der Waals surface area contributed by atoms with Gasteiger partial charge < -0.3 is 4.74 Å². The zero-order valence-corrected chi connectivity index (χ0v) is 9.29. The van der Waals surface area contributed by atoms with Crippen molar-refractivity contribution in [1.29, 1.82) is 0 Å². The molecule has 1 aliphatic heterocycles. The Labute approximate surface area is 92.6 Å². The van der Waals surface area contributed by atoms with Crippen molar-refractivity contribution in [2.45, 2.75) is 11.8 Å². The van der Waals surface area contributed by atoms with E-state index in [1.165, 1.54) is 11.8 Å². The molecule has 2 rings (SSSR count). The lowest BCUT2D eigenvalue weighted by molar-refractivity contribution is -0.117. The summed E-state index contributed by atoms with van der Waals surface area (Å²) in [5.74, 6) is 0.554. The van der Waals surface area contributed by atoms with Crippen LogP contribution in [0.15, 0.2) is 23.4 Å². The van der Waals surface area contributed by atoms with Crippen molar-refractivity contribution in [3.8, 4) is 0 Å². The van der Waals surface area contributed by atoms with Crippen LogP contribution < -0.4 is 4.90 Å². The first-order chi connectivity index (χ1) is 7.33. The van der Waals surface area contributed by atoms with Gasteiger partial charge in [-0.3, -0.25) is 14.7 Å². The Kier molecular flexibility index (Phi) is 3.23. The summed E-state index contributed by atoms with van der Waals surface area (Å²) in [5, 5.41) is 0. The third-order valence-corrected chi connectivity index (χ3v) is 3.15. The Hall–Kier alpha value is -1.07. The van der Waals surface area contributed by atoms with Gasteiger partial charge in [0.25, 0.3) is 0 Å². The lowest BCUT2D eigenvalue weighted by Gasteiger charge is -2.27. The van der Waals surface area contributed by atoms with Crippen LogP contribution in [-0.4, -0.2) is 30.0 Å². The first-order valence-corrected chi connectivity index (χ1v) is 5.76. The minimum absolute atomic E-state index is 0.0900. The van der Waals surface area contributed by atoms with E-state index in [1.54, 1.807) is 17.3 Å². The van der Waals surface area contributed by atoms with Gasteiger partial charge in [-0.15, -0.1) is 11.8 Å². The summed E-state index contributed by atoms with van der Waals surface area (Å²) < 4.78 is 5.28. The van der Waals surface area contributed by atoms with Gasteiger partial charge in [0, 0.05) is 19.0 Å². The van der Waals surface area contributed by atoms with E-state index < -0.39 is 0 Å². The molecule has 2 heterocycles. The number of ether oxygens (including phenoxy) is 1. The minimum atomic E-state index is 0.0900. The number of pyridine rings is 1. The number of carbonyl (C=O) groups excluding carboxylic acids is 1. The Balaban J connectivity index is 2.25. The fourth-order valence-corrected chi connectivity index (χ4v) is 2.28. The Morgan fingerprint density at radius 3 is 3.33 bits per heavy atom. The van der Waals surface area contributed by atoms with Gasteiger partial charge in [0.1, 0.15) is 6.73 Å². The number of nitrogens with zero attached hydrogens (tertiary/aromatic N) is 2. The molecule has 1 aliphatic rings. The van der Waals surface area contributed by atoms with Crippen molar-refractivity contribution in [1.82, 2.24) is 4.98 Å². The molecule has 0 atom stereocenters. The highest BCUT2D eigenvalue weighted by Crippen LogP contribution is 2.33. The highest BCUT2D eigenvalue weighted by atomic mass is 32.2. The molecular formula is C10H12N2O2S. The van der Waals surface area contributed by atoms with E-state index in [4.69, 9.17) is 4.74 Å². The van der Waals surface area contributed by atoms with Crippen LogP contribution in [0.5, 0.6) is 0 Å². The molecule has 0 saturated heterocycles. The van der Waals surface area contributed by atoms with E-state index in [1.807, 2.05) is 13.0 Å². The summed E-state index contributed by atoms with van der Waals surface area (Å²) in [6.07, 6.45) is 3.47. The van der Waals surface area contributed by atoms with Gasteiger partial charge in [-0.1, -0.05) is 0 Å². The van der Waals surface area contributed by atoms with Crippen molar-refractivity contribution < 1.29 is 9.53 Å². The Bertz CT molecular complexity index is 370. The number of hydrogen-bond donors (Lipinski definition) is 0. The van der Waals surface area contributed by atoms with Crippen LogP contribution >= 0.6 is 11.8 Å². The minimum Gasteiger partial charge on any atom is -0.361 e. The molecule has 0 spiro atoms. The predicted molar refractivity (Wildman–Crippen MR) is 58.9 cm³/mol. The first kappa shape index (κ1) is 10.4. The maximum Gasteiger partial charge on any atom is 0.239 e. The van der Waals surface area contributed by atoms with Gasteiger partial charge in [-0.2, -0.15) is 0 Å². The monoisotopic (exact) mass is 224 g/mol. The summed E-state index contributed by atoms with van der Waals surface area (Å²) in [6.45, 7) is 2.85. The lowest BCUT2D eigenvalue weighted by atomic mass is 10.3. The molecule has 1 aromatic rings. The zero-order chi connectivity index (χ0) is 10.7. The van der Waals surface area contributed by atoms with Crippen LogP contribution in [0.25, 0.3) is 0 Å². The molecule has 4 nitrogen and oxygen atoms in total. The summed E-state index contributed by atoms with van der Waals surface area (Å²) in [6, 6.07) is 1.85. The molecule has 0 aliphatic carbocycles. The van der Waals surface area contributed by atoms with E-state index in [2.05, 4.69) is 4.98 Å². The third kappa shape index (κ3) is 2.13. The fourth-order valence-electron chi connectivity index (χ4n) is 1.38. The molecule has 5 heteroatoms. The van der Waals surface area contributed by atoms with Gasteiger partial charge in [0.15, 0.2) is 0 Å². The average molecular weight is 224 g/mol. The number of hydrogen-bond acceptors (Lipinski definition) is 4. The van der Waals surface area contributed by atoms with E-state index in [0.29, 0.717) is 19.1 Å². The summed E-state index contributed by atoms with van der Waals surface area (Å²) >= 11 is 1.52. The normalized spacial score (nSPS) is 15.3. The maximum atomic E-state index is 11.7. The van der Waals surface area contributed by atoms with E-state index in [-0.39, 0.29) is 5.91 Å². The number of anilines is 1. The largest absolute Gasteiger partial charge is 0.361 e. The van der Waals surface area contributed by atoms with E-state index in [9.17, 15) is 4.79 Å². The highest BCUT2D eigenvalue weighted by molar-refractivity contribution is 8.00. The van der Waals surface area contributed by atoms with E-state index in [0.717, 1.165) is 10.6 Å². The molecule has 0 saturated carbocycles. The molecule has 0 bridgehead atoms. The topological polar surface area (TPSA) is 42.4 Å². The number of thioether (sulfide) groups is 1. The van der Waals surface area contributed by atoms with Crippen molar-refractivity contribution in [3.63, 3.8) is 0 Å². The van der Waals surface area contributed by atoms with Gasteiger partial charge in [-0.05, 0) is 13.0 Å². The molecule has 1 amide bonds. The molecular weight excluding hydrogens is 212 g/mol. The predicted octanol–water partition coefficient (Wildman–Crippen LogP) is 1.51. The number of fused-ring (bicyclic) bond motifs is 1. The van der Waals surface area contributed by atoms with Gasteiger partial charge in [-0.25, -0.2) is 0 Å². The van der Waals surface area contributed by atoms with Gasteiger partial charge >= 0.3 is 0 Å². The number of carbonyl (C=O) groups is 1. The number of aromatic nitrogens is 1. The second-order valence-corrected chi connectivity index (χ2v) is 4.09. The molecule has 0 radical (unpaired) electrons. The quantitative estimate of drug-likeness (QED) is 0.780. The second-order valence-electron chi connectivity index (χ2n) is 3.08. The average Bonchev–Trinajstić information content (AvgIpc) is 2.28. The summed E-state index contributed by atoms with van der Waals surface area (Å²) in [4.78, 5) is 18.4. The lowest BCUT2D eigenvalue weighted by Crippen LogP contribution is -2.37. The van der Waals surface area contributed by atoms with Gasteiger partial charge in [0.2, 0.25) is 5.91 Å². The van der Waals surface area contributed by atoms with Crippen molar-refractivity contribution in [2.75, 3.05) is 24.0 Å². The standard InChI is InChI=1S/C10H12N2O2S/c1-2-14-7-12-8-3-4-11-5-9(8)15-6-10(12)13/h3-5H,2,6-7H2,1H3. The highest BCUT2D eigenvalue weighted by Gasteiger charge is 2.24. The molecule has 1 aromatic heterocycles. The Morgan fingerprint density at radius 1 is 1.67 bits per heavy atom. The molecule has 0 fully saturated rings. The Morgan fingerprint density at radius 2 is 2.53 bits per heavy atom. The maximum absolute atomic E-state index is 11.7. The van der Waals surface area contributed by atoms with Crippen LogP contribution in [0.2, 0.25) is 0 Å². The molecule has 80 valence electrons. The second kappa shape index (κ2) is 4.63. The number of rotatable bonds is 3. The molecule has 0 N–H and O–H groups in total. The molecule has 0 unspecified atom stereocenters. The SMILES string of the molecule is CCOCN1C(=O)CSc2cnccc21. The fraction of sp³-hybridized carbons (Fsp3) is 0.400. The molecule has 0 aromatic carbocycles. The smallest absolute Gasteiger partial charge is 0.239 e. The third-order valence-electron chi connectivity index (χ3n) is 2.13. The van der Waals surface area contributed by atoms with Gasteiger partial charge in [0.05, 0.1) is 16.3 Å². The number of amides is 1. The van der Waals surface area contributed by atoms with Crippen LogP contribution in [0, 0.1) is 0 Å². The van der Waals surface area contributed by atoms with E-state index >= 15 is 0 Å². The van der Waals surface area contributed by atoms with Crippen LogP contribution in [0.1, 0.15) is 6.92 Å². The summed E-state index contributed by atoms with van der Waals surface area (Å²) in [7, 11) is 0. The van der Waals surface area contributed by atoms with Crippen molar-refractivity contribution in [2.24, 2.45) is 0 Å². The van der Waals surface area contributed by atoms with Crippen molar-refractivity contribution in [3.05, 3.63) is 18.5 Å². The van der Waals surface area contributed by atoms with Crippen molar-refractivity contribution >= 4 is 23.4 Å².